The second kappa shape index (κ2) is 11.4. The summed E-state index contributed by atoms with van der Waals surface area (Å²) in [7, 11) is 4.66. The van der Waals surface area contributed by atoms with Crippen LogP contribution in [0.25, 0.3) is 0 Å². The third-order valence-electron chi connectivity index (χ3n) is 5.58. The zero-order valence-corrected chi connectivity index (χ0v) is 18.6. The fourth-order valence-electron chi connectivity index (χ4n) is 3.92. The Labute approximate surface area is 184 Å². The van der Waals surface area contributed by atoms with Gasteiger partial charge in [-0.05, 0) is 49.2 Å². The predicted molar refractivity (Wildman–Crippen MR) is 123 cm³/mol. The van der Waals surface area contributed by atoms with Crippen molar-refractivity contribution in [3.05, 3.63) is 65.2 Å². The molecule has 1 atom stereocenters. The molecular formula is C24H32N4O3. The number of nitrogens with zero attached hydrogens (tertiary/aromatic N) is 2. The molecule has 0 saturated carbocycles. The van der Waals surface area contributed by atoms with Crippen molar-refractivity contribution in [3.63, 3.8) is 0 Å². The average molecular weight is 425 g/mol. The SMILES string of the molecule is CN=C(NCc1ccc(OC)c(C(=O)OC)c1)NCC(c1ccccc1)N1CCCC1. The van der Waals surface area contributed by atoms with Crippen LogP contribution < -0.4 is 15.4 Å². The number of ether oxygens (including phenoxy) is 2. The number of esters is 1. The van der Waals surface area contributed by atoms with E-state index in [-0.39, 0.29) is 0 Å². The molecule has 3 rings (SSSR count). The van der Waals surface area contributed by atoms with Gasteiger partial charge in [0.1, 0.15) is 11.3 Å². The first-order valence-electron chi connectivity index (χ1n) is 10.6. The number of guanidine groups is 1. The molecular weight excluding hydrogens is 392 g/mol. The van der Waals surface area contributed by atoms with Gasteiger partial charge in [-0.3, -0.25) is 9.89 Å². The molecule has 0 bridgehead atoms. The van der Waals surface area contributed by atoms with E-state index in [0.717, 1.165) is 31.2 Å². The predicted octanol–water partition coefficient (Wildman–Crippen LogP) is 2.98. The summed E-state index contributed by atoms with van der Waals surface area (Å²) in [6, 6.07) is 16.4. The van der Waals surface area contributed by atoms with Crippen LogP contribution in [0, 0.1) is 0 Å². The molecule has 2 aromatic rings. The van der Waals surface area contributed by atoms with Crippen molar-refractivity contribution in [2.45, 2.75) is 25.4 Å². The number of likely N-dealkylation sites (tertiary alicyclic amines) is 1. The lowest BCUT2D eigenvalue weighted by atomic mass is 10.1. The molecule has 1 fully saturated rings. The second-order valence-corrected chi connectivity index (χ2v) is 7.50. The molecule has 7 heteroatoms. The topological polar surface area (TPSA) is 75.2 Å². The summed E-state index contributed by atoms with van der Waals surface area (Å²) in [6.45, 7) is 3.53. The van der Waals surface area contributed by atoms with Crippen LogP contribution in [0.1, 0.15) is 40.4 Å². The van der Waals surface area contributed by atoms with Crippen LogP contribution in [0.4, 0.5) is 0 Å². The van der Waals surface area contributed by atoms with Crippen molar-refractivity contribution in [2.24, 2.45) is 4.99 Å². The second-order valence-electron chi connectivity index (χ2n) is 7.50. The number of methoxy groups -OCH3 is 2. The Hall–Kier alpha value is -3.06. The molecule has 0 amide bonds. The first kappa shape index (κ1) is 22.6. The van der Waals surface area contributed by atoms with Crippen molar-refractivity contribution in [1.29, 1.82) is 0 Å². The average Bonchev–Trinajstić information content (AvgIpc) is 3.35. The molecule has 1 aliphatic heterocycles. The highest BCUT2D eigenvalue weighted by molar-refractivity contribution is 5.92. The molecule has 7 nitrogen and oxygen atoms in total. The smallest absolute Gasteiger partial charge is 0.341 e. The van der Waals surface area contributed by atoms with E-state index in [1.54, 1.807) is 19.2 Å². The van der Waals surface area contributed by atoms with Gasteiger partial charge in [0.05, 0.1) is 20.3 Å². The van der Waals surface area contributed by atoms with Crippen molar-refractivity contribution < 1.29 is 14.3 Å². The highest BCUT2D eigenvalue weighted by atomic mass is 16.5. The van der Waals surface area contributed by atoms with Crippen LogP contribution in [0.5, 0.6) is 5.75 Å². The molecule has 0 radical (unpaired) electrons. The Morgan fingerprint density at radius 3 is 2.48 bits per heavy atom. The molecule has 0 aliphatic carbocycles. The van der Waals surface area contributed by atoms with Crippen LogP contribution in [0.3, 0.4) is 0 Å². The van der Waals surface area contributed by atoms with Crippen LogP contribution >= 0.6 is 0 Å². The van der Waals surface area contributed by atoms with Crippen molar-refractivity contribution in [1.82, 2.24) is 15.5 Å². The van der Waals surface area contributed by atoms with Crippen molar-refractivity contribution in [3.8, 4) is 5.75 Å². The van der Waals surface area contributed by atoms with E-state index < -0.39 is 5.97 Å². The van der Waals surface area contributed by atoms with E-state index in [2.05, 4.69) is 50.9 Å². The van der Waals surface area contributed by atoms with Crippen LogP contribution in [-0.2, 0) is 11.3 Å². The number of rotatable bonds is 8. The van der Waals surface area contributed by atoms with Crippen molar-refractivity contribution >= 4 is 11.9 Å². The monoisotopic (exact) mass is 424 g/mol. The van der Waals surface area contributed by atoms with Gasteiger partial charge in [-0.2, -0.15) is 0 Å². The third-order valence-corrected chi connectivity index (χ3v) is 5.58. The highest BCUT2D eigenvalue weighted by Gasteiger charge is 2.23. The lowest BCUT2D eigenvalue weighted by molar-refractivity contribution is 0.0597. The van der Waals surface area contributed by atoms with Gasteiger partial charge in [-0.15, -0.1) is 0 Å². The number of carbonyl (C=O) groups excluding carboxylic acids is 1. The molecule has 2 N–H and O–H groups in total. The van der Waals surface area contributed by atoms with E-state index >= 15 is 0 Å². The summed E-state index contributed by atoms with van der Waals surface area (Å²) in [5.74, 6) is 0.794. The number of nitrogens with one attached hydrogen (secondary N) is 2. The minimum atomic E-state index is -0.419. The summed E-state index contributed by atoms with van der Waals surface area (Å²) in [5, 5.41) is 6.80. The van der Waals surface area contributed by atoms with Gasteiger partial charge in [0.15, 0.2) is 5.96 Å². The number of benzene rings is 2. The first-order chi connectivity index (χ1) is 15.2. The molecule has 31 heavy (non-hydrogen) atoms. The summed E-state index contributed by atoms with van der Waals surface area (Å²) in [6.07, 6.45) is 2.49. The normalized spacial score (nSPS) is 15.4. The Bertz CT molecular complexity index is 880. The Balaban J connectivity index is 1.63. The Morgan fingerprint density at radius 1 is 1.10 bits per heavy atom. The Morgan fingerprint density at radius 2 is 1.84 bits per heavy atom. The molecule has 1 saturated heterocycles. The van der Waals surface area contributed by atoms with Gasteiger partial charge in [0, 0.05) is 20.1 Å². The number of hydrogen-bond acceptors (Lipinski definition) is 5. The van der Waals surface area contributed by atoms with Crippen LogP contribution in [0.15, 0.2) is 53.5 Å². The van der Waals surface area contributed by atoms with E-state index in [1.165, 1.54) is 32.6 Å². The van der Waals surface area contributed by atoms with E-state index in [9.17, 15) is 4.79 Å². The third kappa shape index (κ3) is 5.98. The van der Waals surface area contributed by atoms with Gasteiger partial charge >= 0.3 is 5.97 Å². The lowest BCUT2D eigenvalue weighted by Gasteiger charge is -2.29. The molecule has 1 heterocycles. The first-order valence-corrected chi connectivity index (χ1v) is 10.6. The van der Waals surface area contributed by atoms with Gasteiger partial charge in [0.2, 0.25) is 0 Å². The van der Waals surface area contributed by atoms with Gasteiger partial charge in [-0.1, -0.05) is 36.4 Å². The molecule has 2 aromatic carbocycles. The summed E-state index contributed by atoms with van der Waals surface area (Å²) in [5.41, 5.74) is 2.65. The minimum Gasteiger partial charge on any atom is -0.496 e. The maximum atomic E-state index is 12.0. The lowest BCUT2D eigenvalue weighted by Crippen LogP contribution is -2.42. The zero-order valence-electron chi connectivity index (χ0n) is 18.6. The maximum Gasteiger partial charge on any atom is 0.341 e. The van der Waals surface area contributed by atoms with Crippen LogP contribution in [0.2, 0.25) is 0 Å². The number of aliphatic imine (C=N–C) groups is 1. The van der Waals surface area contributed by atoms with Gasteiger partial charge in [0.25, 0.3) is 0 Å². The summed E-state index contributed by atoms with van der Waals surface area (Å²) in [4.78, 5) is 18.9. The van der Waals surface area contributed by atoms with Gasteiger partial charge < -0.3 is 20.1 Å². The number of hydrogen-bond donors (Lipinski definition) is 2. The van der Waals surface area contributed by atoms with E-state index in [4.69, 9.17) is 9.47 Å². The van der Waals surface area contributed by atoms with Gasteiger partial charge in [-0.25, -0.2) is 4.79 Å². The molecule has 0 spiro atoms. The zero-order chi connectivity index (χ0) is 22.1. The van der Waals surface area contributed by atoms with Crippen LogP contribution in [-0.4, -0.2) is 57.7 Å². The minimum absolute atomic E-state index is 0.300. The van der Waals surface area contributed by atoms with E-state index in [0.29, 0.717) is 23.9 Å². The molecule has 166 valence electrons. The Kier molecular flexibility index (Phi) is 8.29. The van der Waals surface area contributed by atoms with E-state index in [1.807, 2.05) is 6.07 Å². The largest absolute Gasteiger partial charge is 0.496 e. The maximum absolute atomic E-state index is 12.0. The molecule has 1 aliphatic rings. The standard InChI is InChI=1S/C24H32N4O3/c1-25-24(26-16-18-11-12-22(30-2)20(15-18)23(29)31-3)27-17-21(28-13-7-8-14-28)19-9-5-4-6-10-19/h4-6,9-12,15,21H,7-8,13-14,16-17H2,1-3H3,(H2,25,26,27). The van der Waals surface area contributed by atoms with Crippen molar-refractivity contribution in [2.75, 3.05) is 40.9 Å². The number of carbonyl (C=O) groups is 1. The fourth-order valence-corrected chi connectivity index (χ4v) is 3.92. The summed E-state index contributed by atoms with van der Waals surface area (Å²) < 4.78 is 10.1. The summed E-state index contributed by atoms with van der Waals surface area (Å²) >= 11 is 0. The molecule has 0 aromatic heterocycles. The quantitative estimate of drug-likeness (QED) is 0.386. The fraction of sp³-hybridized carbons (Fsp3) is 0.417. The molecule has 1 unspecified atom stereocenters. The highest BCUT2D eigenvalue weighted by Crippen LogP contribution is 2.24.